The number of rotatable bonds is 7. The summed E-state index contributed by atoms with van der Waals surface area (Å²) in [6, 6.07) is 0.323. The minimum atomic E-state index is 0.323. The lowest BCUT2D eigenvalue weighted by molar-refractivity contribution is 0.141. The Morgan fingerprint density at radius 2 is 2.33 bits per heavy atom. The molecule has 1 heterocycles. The van der Waals surface area contributed by atoms with Crippen LogP contribution >= 0.6 is 0 Å². The van der Waals surface area contributed by atoms with Gasteiger partial charge in [-0.1, -0.05) is 6.92 Å². The SMILES string of the molecule is CCCn1cc(NC(C)COCC)cn1. The topological polar surface area (TPSA) is 39.1 Å². The number of aromatic nitrogens is 2. The van der Waals surface area contributed by atoms with Gasteiger partial charge in [0.1, 0.15) is 0 Å². The molecule has 1 N–H and O–H groups in total. The van der Waals surface area contributed by atoms with Gasteiger partial charge in [0, 0.05) is 25.4 Å². The molecule has 0 saturated carbocycles. The first-order chi connectivity index (χ1) is 7.26. The predicted molar refractivity (Wildman–Crippen MR) is 62.1 cm³/mol. The van der Waals surface area contributed by atoms with Crippen molar-refractivity contribution in [3.05, 3.63) is 12.4 Å². The summed E-state index contributed by atoms with van der Waals surface area (Å²) in [5.74, 6) is 0. The Bertz CT molecular complexity index is 273. The van der Waals surface area contributed by atoms with E-state index in [0.717, 1.165) is 31.9 Å². The third-order valence-corrected chi connectivity index (χ3v) is 2.07. The van der Waals surface area contributed by atoms with E-state index in [1.165, 1.54) is 0 Å². The molecule has 86 valence electrons. The zero-order chi connectivity index (χ0) is 11.1. The van der Waals surface area contributed by atoms with Crippen LogP contribution in [0.4, 0.5) is 5.69 Å². The molecule has 1 atom stereocenters. The summed E-state index contributed by atoms with van der Waals surface area (Å²) in [6.45, 7) is 8.73. The number of aryl methyl sites for hydroxylation is 1. The molecule has 0 radical (unpaired) electrons. The smallest absolute Gasteiger partial charge is 0.0729 e. The molecule has 0 saturated heterocycles. The third kappa shape index (κ3) is 4.34. The normalized spacial score (nSPS) is 12.7. The second kappa shape index (κ2) is 6.45. The number of nitrogens with one attached hydrogen (secondary N) is 1. The van der Waals surface area contributed by atoms with E-state index in [4.69, 9.17) is 4.74 Å². The van der Waals surface area contributed by atoms with Gasteiger partial charge in [0.25, 0.3) is 0 Å². The van der Waals surface area contributed by atoms with Crippen LogP contribution in [0.25, 0.3) is 0 Å². The van der Waals surface area contributed by atoms with Crippen molar-refractivity contribution in [1.82, 2.24) is 9.78 Å². The predicted octanol–water partition coefficient (Wildman–Crippen LogP) is 2.13. The molecule has 0 bridgehead atoms. The van der Waals surface area contributed by atoms with Crippen LogP contribution in [-0.2, 0) is 11.3 Å². The number of anilines is 1. The maximum atomic E-state index is 5.33. The maximum absolute atomic E-state index is 5.33. The molecule has 1 rings (SSSR count). The second-order valence-corrected chi connectivity index (χ2v) is 3.70. The molecule has 0 aliphatic heterocycles. The van der Waals surface area contributed by atoms with Gasteiger partial charge in [0.15, 0.2) is 0 Å². The average molecular weight is 211 g/mol. The van der Waals surface area contributed by atoms with Crippen molar-refractivity contribution < 1.29 is 4.74 Å². The number of ether oxygens (including phenoxy) is 1. The molecule has 0 aromatic carbocycles. The Morgan fingerprint density at radius 1 is 1.53 bits per heavy atom. The molecule has 0 aliphatic rings. The lowest BCUT2D eigenvalue weighted by atomic mass is 10.3. The molecule has 0 amide bonds. The van der Waals surface area contributed by atoms with Crippen LogP contribution in [0.5, 0.6) is 0 Å². The highest BCUT2D eigenvalue weighted by Crippen LogP contribution is 2.07. The molecular formula is C11H21N3O. The lowest BCUT2D eigenvalue weighted by Gasteiger charge is -2.12. The fourth-order valence-corrected chi connectivity index (χ4v) is 1.41. The molecular weight excluding hydrogens is 190 g/mol. The number of hydrogen-bond donors (Lipinski definition) is 1. The summed E-state index contributed by atoms with van der Waals surface area (Å²) in [4.78, 5) is 0. The zero-order valence-electron chi connectivity index (χ0n) is 9.86. The van der Waals surface area contributed by atoms with Gasteiger partial charge >= 0.3 is 0 Å². The first-order valence-electron chi connectivity index (χ1n) is 5.63. The summed E-state index contributed by atoms with van der Waals surface area (Å²) in [5.41, 5.74) is 1.07. The minimum Gasteiger partial charge on any atom is -0.380 e. The molecule has 1 unspecified atom stereocenters. The highest BCUT2D eigenvalue weighted by molar-refractivity contribution is 5.39. The van der Waals surface area contributed by atoms with E-state index in [9.17, 15) is 0 Å². The first kappa shape index (κ1) is 12.0. The van der Waals surface area contributed by atoms with E-state index in [-0.39, 0.29) is 0 Å². The Labute approximate surface area is 91.6 Å². The van der Waals surface area contributed by atoms with Crippen LogP contribution in [0.3, 0.4) is 0 Å². The van der Waals surface area contributed by atoms with Crippen molar-refractivity contribution in [2.75, 3.05) is 18.5 Å². The van der Waals surface area contributed by atoms with Crippen LogP contribution in [-0.4, -0.2) is 29.0 Å². The summed E-state index contributed by atoms with van der Waals surface area (Å²) in [5, 5.41) is 7.60. The maximum Gasteiger partial charge on any atom is 0.0729 e. The molecule has 15 heavy (non-hydrogen) atoms. The summed E-state index contributed by atoms with van der Waals surface area (Å²) in [7, 11) is 0. The van der Waals surface area contributed by atoms with Crippen LogP contribution in [0.1, 0.15) is 27.2 Å². The van der Waals surface area contributed by atoms with Gasteiger partial charge in [-0.3, -0.25) is 4.68 Å². The number of nitrogens with zero attached hydrogens (tertiary/aromatic N) is 2. The van der Waals surface area contributed by atoms with E-state index in [2.05, 4.69) is 24.3 Å². The minimum absolute atomic E-state index is 0.323. The fourth-order valence-electron chi connectivity index (χ4n) is 1.41. The van der Waals surface area contributed by atoms with Crippen molar-refractivity contribution in [3.8, 4) is 0 Å². The van der Waals surface area contributed by atoms with Gasteiger partial charge in [0.2, 0.25) is 0 Å². The van der Waals surface area contributed by atoms with Crippen LogP contribution in [0.15, 0.2) is 12.4 Å². The molecule has 0 spiro atoms. The van der Waals surface area contributed by atoms with E-state index < -0.39 is 0 Å². The Morgan fingerprint density at radius 3 is 3.00 bits per heavy atom. The van der Waals surface area contributed by atoms with Gasteiger partial charge in [-0.05, 0) is 20.3 Å². The van der Waals surface area contributed by atoms with Crippen LogP contribution in [0, 0.1) is 0 Å². The molecule has 1 aromatic rings. The molecule has 4 nitrogen and oxygen atoms in total. The van der Waals surface area contributed by atoms with Crippen LogP contribution < -0.4 is 5.32 Å². The standard InChI is InChI=1S/C11H21N3O/c1-4-6-14-8-11(7-12-14)13-10(3)9-15-5-2/h7-8,10,13H,4-6,9H2,1-3H3. The van der Waals surface area contributed by atoms with Gasteiger partial charge in [-0.15, -0.1) is 0 Å². The highest BCUT2D eigenvalue weighted by Gasteiger charge is 2.03. The van der Waals surface area contributed by atoms with Crippen molar-refractivity contribution >= 4 is 5.69 Å². The van der Waals surface area contributed by atoms with E-state index >= 15 is 0 Å². The van der Waals surface area contributed by atoms with Gasteiger partial charge in [-0.2, -0.15) is 5.10 Å². The summed E-state index contributed by atoms with van der Waals surface area (Å²) < 4.78 is 7.29. The second-order valence-electron chi connectivity index (χ2n) is 3.70. The van der Waals surface area contributed by atoms with Gasteiger partial charge in [-0.25, -0.2) is 0 Å². The molecule has 0 aliphatic carbocycles. The zero-order valence-corrected chi connectivity index (χ0v) is 9.86. The Balaban J connectivity index is 2.35. The quantitative estimate of drug-likeness (QED) is 0.751. The van der Waals surface area contributed by atoms with Crippen molar-refractivity contribution in [3.63, 3.8) is 0 Å². The van der Waals surface area contributed by atoms with E-state index in [0.29, 0.717) is 6.04 Å². The first-order valence-corrected chi connectivity index (χ1v) is 5.63. The van der Waals surface area contributed by atoms with Crippen molar-refractivity contribution in [2.24, 2.45) is 0 Å². The average Bonchev–Trinajstić information content (AvgIpc) is 2.63. The summed E-state index contributed by atoms with van der Waals surface area (Å²) in [6.07, 6.45) is 5.00. The molecule has 4 heteroatoms. The largest absolute Gasteiger partial charge is 0.380 e. The Kier molecular flexibility index (Phi) is 5.18. The van der Waals surface area contributed by atoms with E-state index in [1.807, 2.05) is 24.0 Å². The Hall–Kier alpha value is -1.03. The fraction of sp³-hybridized carbons (Fsp3) is 0.727. The molecule has 0 fully saturated rings. The van der Waals surface area contributed by atoms with Gasteiger partial charge in [0.05, 0.1) is 18.5 Å². The van der Waals surface area contributed by atoms with E-state index in [1.54, 1.807) is 0 Å². The third-order valence-electron chi connectivity index (χ3n) is 2.07. The van der Waals surface area contributed by atoms with Crippen LogP contribution in [0.2, 0.25) is 0 Å². The molecule has 1 aromatic heterocycles. The highest BCUT2D eigenvalue weighted by atomic mass is 16.5. The lowest BCUT2D eigenvalue weighted by Crippen LogP contribution is -2.21. The van der Waals surface area contributed by atoms with Crippen molar-refractivity contribution in [2.45, 2.75) is 39.8 Å². The van der Waals surface area contributed by atoms with Crippen molar-refractivity contribution in [1.29, 1.82) is 0 Å². The van der Waals surface area contributed by atoms with Gasteiger partial charge < -0.3 is 10.1 Å². The monoisotopic (exact) mass is 211 g/mol. The number of hydrogen-bond acceptors (Lipinski definition) is 3. The summed E-state index contributed by atoms with van der Waals surface area (Å²) >= 11 is 0.